The molecule has 0 fully saturated rings. The molecule has 0 N–H and O–H groups in total. The lowest BCUT2D eigenvalue weighted by Crippen LogP contribution is -2.11. The molecule has 0 aliphatic rings. The summed E-state index contributed by atoms with van der Waals surface area (Å²) in [5, 5.41) is 0.181. The first-order valence-corrected chi connectivity index (χ1v) is 5.30. The van der Waals surface area contributed by atoms with Crippen molar-refractivity contribution in [2.45, 2.75) is 6.92 Å². The molecule has 1 heterocycles. The van der Waals surface area contributed by atoms with Crippen molar-refractivity contribution in [3.8, 4) is 5.88 Å². The van der Waals surface area contributed by atoms with E-state index in [-0.39, 0.29) is 11.0 Å². The molecule has 4 nitrogen and oxygen atoms in total. The third-order valence-corrected chi connectivity index (χ3v) is 2.33. The van der Waals surface area contributed by atoms with Crippen molar-refractivity contribution >= 4 is 17.6 Å². The lowest BCUT2D eigenvalue weighted by Gasteiger charge is -2.05. The molecule has 0 unspecified atom stereocenters. The molecule has 0 radical (unpaired) electrons. The lowest BCUT2D eigenvalue weighted by molar-refractivity contribution is 0.0726. The van der Waals surface area contributed by atoms with Gasteiger partial charge in [-0.15, -0.1) is 0 Å². The second-order valence-corrected chi connectivity index (χ2v) is 3.77. The predicted octanol–water partition coefficient (Wildman–Crippen LogP) is 2.66. The second kappa shape index (κ2) is 4.93. The van der Waals surface area contributed by atoms with E-state index >= 15 is 0 Å². The number of hydrogen-bond donors (Lipinski definition) is 0. The summed E-state index contributed by atoms with van der Waals surface area (Å²) in [6.45, 7) is 1.83. The zero-order valence-electron chi connectivity index (χ0n) is 9.05. The van der Waals surface area contributed by atoms with Crippen LogP contribution in [-0.2, 0) is 0 Å². The van der Waals surface area contributed by atoms with Crippen LogP contribution in [0.25, 0.3) is 0 Å². The van der Waals surface area contributed by atoms with Crippen LogP contribution in [0, 0.1) is 6.92 Å². The summed E-state index contributed by atoms with van der Waals surface area (Å²) in [6.07, 6.45) is 2.70. The van der Waals surface area contributed by atoms with Crippen LogP contribution in [0.1, 0.15) is 15.9 Å². The zero-order chi connectivity index (χ0) is 12.3. The van der Waals surface area contributed by atoms with E-state index in [9.17, 15) is 4.79 Å². The molecule has 0 saturated heterocycles. The molecule has 0 atom stereocenters. The van der Waals surface area contributed by atoms with E-state index in [1.165, 1.54) is 12.4 Å². The van der Waals surface area contributed by atoms with Crippen LogP contribution >= 0.6 is 11.6 Å². The Balaban J connectivity index is 2.20. The smallest absolute Gasteiger partial charge is 0.345 e. The summed E-state index contributed by atoms with van der Waals surface area (Å²) >= 11 is 5.64. The zero-order valence-corrected chi connectivity index (χ0v) is 9.81. The monoisotopic (exact) mass is 248 g/mol. The lowest BCUT2D eigenvalue weighted by atomic mass is 10.1. The van der Waals surface area contributed by atoms with Crippen molar-refractivity contribution in [2.75, 3.05) is 0 Å². The number of benzene rings is 1. The highest BCUT2D eigenvalue weighted by Crippen LogP contribution is 2.13. The first-order chi connectivity index (χ1) is 8.16. The molecule has 5 heteroatoms. The summed E-state index contributed by atoms with van der Waals surface area (Å²) in [5.41, 5.74) is 1.33. The number of rotatable bonds is 2. The van der Waals surface area contributed by atoms with Gasteiger partial charge in [-0.05, 0) is 18.6 Å². The average Bonchev–Trinajstić information content (AvgIpc) is 2.29. The van der Waals surface area contributed by atoms with Crippen LogP contribution in [0.15, 0.2) is 36.7 Å². The third-order valence-electron chi connectivity index (χ3n) is 2.15. The van der Waals surface area contributed by atoms with Gasteiger partial charge < -0.3 is 4.74 Å². The van der Waals surface area contributed by atoms with Crippen molar-refractivity contribution in [2.24, 2.45) is 0 Å². The van der Waals surface area contributed by atoms with Crippen LogP contribution in [0.4, 0.5) is 0 Å². The Morgan fingerprint density at radius 1 is 1.29 bits per heavy atom. The quantitative estimate of drug-likeness (QED) is 0.767. The minimum absolute atomic E-state index is 0.0887. The Morgan fingerprint density at radius 2 is 2.06 bits per heavy atom. The number of nitrogens with zero attached hydrogens (tertiary/aromatic N) is 2. The van der Waals surface area contributed by atoms with Crippen molar-refractivity contribution in [3.05, 3.63) is 52.9 Å². The third kappa shape index (κ3) is 2.79. The normalized spacial score (nSPS) is 10.0. The van der Waals surface area contributed by atoms with Gasteiger partial charge in [0.1, 0.15) is 0 Å². The van der Waals surface area contributed by atoms with Crippen LogP contribution in [0.2, 0.25) is 5.15 Å². The molecule has 2 aromatic rings. The second-order valence-electron chi connectivity index (χ2n) is 3.38. The maximum atomic E-state index is 11.8. The van der Waals surface area contributed by atoms with Crippen LogP contribution in [-0.4, -0.2) is 15.9 Å². The van der Waals surface area contributed by atoms with Gasteiger partial charge in [-0.1, -0.05) is 29.8 Å². The molecule has 1 aromatic heterocycles. The van der Waals surface area contributed by atoms with E-state index in [2.05, 4.69) is 9.97 Å². The van der Waals surface area contributed by atoms with E-state index in [1.54, 1.807) is 12.1 Å². The highest BCUT2D eigenvalue weighted by molar-refractivity contribution is 6.29. The summed E-state index contributed by atoms with van der Waals surface area (Å²) < 4.78 is 5.07. The molecule has 17 heavy (non-hydrogen) atoms. The molecule has 86 valence electrons. The van der Waals surface area contributed by atoms with Gasteiger partial charge >= 0.3 is 5.97 Å². The van der Waals surface area contributed by atoms with Crippen LogP contribution < -0.4 is 4.74 Å². The first-order valence-electron chi connectivity index (χ1n) is 4.92. The number of ether oxygens (including phenoxy) is 1. The topological polar surface area (TPSA) is 52.1 Å². The average molecular weight is 249 g/mol. The molecular formula is C12H9ClN2O2. The van der Waals surface area contributed by atoms with E-state index in [1.807, 2.05) is 19.1 Å². The van der Waals surface area contributed by atoms with Crippen molar-refractivity contribution < 1.29 is 9.53 Å². The predicted molar refractivity (Wildman–Crippen MR) is 63.2 cm³/mol. The van der Waals surface area contributed by atoms with Gasteiger partial charge in [0.2, 0.25) is 5.88 Å². The summed E-state index contributed by atoms with van der Waals surface area (Å²) in [5.74, 6) is -0.384. The molecule has 2 rings (SSSR count). The highest BCUT2D eigenvalue weighted by atomic mass is 35.5. The van der Waals surface area contributed by atoms with Crippen LogP contribution in [0.5, 0.6) is 5.88 Å². The summed E-state index contributed by atoms with van der Waals surface area (Å²) in [7, 11) is 0. The molecular weight excluding hydrogens is 240 g/mol. The molecule has 0 aliphatic heterocycles. The Bertz CT molecular complexity index is 558. The standard InChI is InChI=1S/C12H9ClN2O2/c1-8-4-2-3-5-9(8)12(16)17-11-7-14-6-10(13)15-11/h2-7H,1H3. The highest BCUT2D eigenvalue weighted by Gasteiger charge is 2.11. The summed E-state index contributed by atoms with van der Waals surface area (Å²) in [6, 6.07) is 7.15. The number of halogens is 1. The van der Waals surface area contributed by atoms with Gasteiger partial charge in [0.15, 0.2) is 5.15 Å². The number of hydrogen-bond acceptors (Lipinski definition) is 4. The van der Waals surface area contributed by atoms with E-state index < -0.39 is 5.97 Å². The minimum Gasteiger partial charge on any atom is -0.402 e. The van der Waals surface area contributed by atoms with Crippen molar-refractivity contribution in [1.82, 2.24) is 9.97 Å². The molecule has 0 aliphatic carbocycles. The van der Waals surface area contributed by atoms with Gasteiger partial charge in [-0.2, -0.15) is 4.98 Å². The summed E-state index contributed by atoms with van der Waals surface area (Å²) in [4.78, 5) is 19.4. The number of aromatic nitrogens is 2. The van der Waals surface area contributed by atoms with Gasteiger partial charge in [0.05, 0.1) is 18.0 Å². The van der Waals surface area contributed by atoms with Crippen molar-refractivity contribution in [3.63, 3.8) is 0 Å². The van der Waals surface area contributed by atoms with Gasteiger partial charge in [-0.3, -0.25) is 4.98 Å². The van der Waals surface area contributed by atoms with E-state index in [0.29, 0.717) is 5.56 Å². The first kappa shape index (κ1) is 11.5. The minimum atomic E-state index is -0.473. The molecule has 0 bridgehead atoms. The number of aryl methyl sites for hydroxylation is 1. The van der Waals surface area contributed by atoms with E-state index in [0.717, 1.165) is 5.56 Å². The molecule has 1 aromatic carbocycles. The fourth-order valence-corrected chi connectivity index (χ4v) is 1.47. The largest absolute Gasteiger partial charge is 0.402 e. The Labute approximate surface area is 103 Å². The molecule has 0 saturated carbocycles. The molecule has 0 amide bonds. The maximum absolute atomic E-state index is 11.8. The Hall–Kier alpha value is -1.94. The van der Waals surface area contributed by atoms with Gasteiger partial charge in [0.25, 0.3) is 0 Å². The van der Waals surface area contributed by atoms with Crippen LogP contribution in [0.3, 0.4) is 0 Å². The van der Waals surface area contributed by atoms with E-state index in [4.69, 9.17) is 16.3 Å². The number of carbonyl (C=O) groups excluding carboxylic acids is 1. The Morgan fingerprint density at radius 3 is 2.76 bits per heavy atom. The Kier molecular flexibility index (Phi) is 3.35. The maximum Gasteiger partial charge on any atom is 0.345 e. The van der Waals surface area contributed by atoms with Crippen molar-refractivity contribution in [1.29, 1.82) is 0 Å². The molecule has 0 spiro atoms. The SMILES string of the molecule is Cc1ccccc1C(=O)Oc1cncc(Cl)n1. The fourth-order valence-electron chi connectivity index (χ4n) is 1.33. The van der Waals surface area contributed by atoms with Gasteiger partial charge in [0, 0.05) is 0 Å². The fraction of sp³-hybridized carbons (Fsp3) is 0.0833. The number of carbonyl (C=O) groups is 1. The number of esters is 1. The van der Waals surface area contributed by atoms with Gasteiger partial charge in [-0.25, -0.2) is 4.79 Å².